The van der Waals surface area contributed by atoms with Gasteiger partial charge < -0.3 is 16.0 Å². The number of carbonyl (C=O) groups excluding carboxylic acids is 1. The first-order valence-corrected chi connectivity index (χ1v) is 10.9. The number of hydrogen-bond donors (Lipinski definition) is 3. The van der Waals surface area contributed by atoms with Crippen LogP contribution in [0.2, 0.25) is 0 Å². The molecule has 0 saturated carbocycles. The van der Waals surface area contributed by atoms with Crippen molar-refractivity contribution in [2.75, 3.05) is 5.32 Å². The number of benzene rings is 3. The molecule has 2 aromatic heterocycles. The smallest absolute Gasteiger partial charge is 0.315 e. The first-order valence-electron chi connectivity index (χ1n) is 10.9. The maximum atomic E-state index is 12.2. The van der Waals surface area contributed by atoms with Gasteiger partial charge >= 0.3 is 6.03 Å². The number of primary amides is 1. The van der Waals surface area contributed by atoms with Gasteiger partial charge in [0.1, 0.15) is 5.82 Å². The predicted molar refractivity (Wildman–Crippen MR) is 130 cm³/mol. The highest BCUT2D eigenvalue weighted by atomic mass is 16.2. The maximum Gasteiger partial charge on any atom is 0.315 e. The van der Waals surface area contributed by atoms with E-state index in [1.165, 1.54) is 0 Å². The summed E-state index contributed by atoms with van der Waals surface area (Å²) in [6, 6.07) is 23.2. The fourth-order valence-electron chi connectivity index (χ4n) is 4.53. The summed E-state index contributed by atoms with van der Waals surface area (Å²) in [4.78, 5) is 23.1. The molecule has 6 rings (SSSR count). The van der Waals surface area contributed by atoms with Gasteiger partial charge in [0.05, 0.1) is 17.8 Å². The third-order valence-corrected chi connectivity index (χ3v) is 6.11. The zero-order chi connectivity index (χ0) is 23.1. The molecule has 34 heavy (non-hydrogen) atoms. The molecule has 3 heterocycles. The molecule has 1 atom stereocenters. The SMILES string of the molecule is NC(=O)N1Cc2cc(-c3nccc(Nc4ccc5[nH]ncc5c4)n3)ccc2C1c1ccccc1. The molecule has 5 aromatic rings. The van der Waals surface area contributed by atoms with Crippen LogP contribution in [0.5, 0.6) is 0 Å². The van der Waals surface area contributed by atoms with Crippen molar-refractivity contribution in [2.24, 2.45) is 5.73 Å². The van der Waals surface area contributed by atoms with Crippen molar-refractivity contribution in [3.05, 3.63) is 102 Å². The van der Waals surface area contributed by atoms with E-state index >= 15 is 0 Å². The van der Waals surface area contributed by atoms with Gasteiger partial charge in [-0.15, -0.1) is 0 Å². The number of aromatic nitrogens is 4. The Morgan fingerprint density at radius 3 is 2.79 bits per heavy atom. The van der Waals surface area contributed by atoms with Crippen LogP contribution in [0.15, 0.2) is 85.2 Å². The lowest BCUT2D eigenvalue weighted by Crippen LogP contribution is -2.34. The number of urea groups is 1. The second kappa shape index (κ2) is 8.00. The number of fused-ring (bicyclic) bond motifs is 2. The maximum absolute atomic E-state index is 12.2. The van der Waals surface area contributed by atoms with Gasteiger partial charge in [0.25, 0.3) is 0 Å². The van der Waals surface area contributed by atoms with Gasteiger partial charge in [0, 0.05) is 29.4 Å². The molecule has 4 N–H and O–H groups in total. The molecule has 0 fully saturated rings. The largest absolute Gasteiger partial charge is 0.351 e. The molecule has 0 radical (unpaired) electrons. The number of carbonyl (C=O) groups is 1. The summed E-state index contributed by atoms with van der Waals surface area (Å²) in [6.45, 7) is 0.445. The third-order valence-electron chi connectivity index (χ3n) is 6.11. The Balaban J connectivity index is 1.32. The second-order valence-corrected chi connectivity index (χ2v) is 8.26. The van der Waals surface area contributed by atoms with Crippen molar-refractivity contribution in [3.8, 4) is 11.4 Å². The average Bonchev–Trinajstić information content (AvgIpc) is 3.49. The van der Waals surface area contributed by atoms with Crippen molar-refractivity contribution in [3.63, 3.8) is 0 Å². The van der Waals surface area contributed by atoms with E-state index in [4.69, 9.17) is 10.7 Å². The van der Waals surface area contributed by atoms with E-state index in [1.54, 1.807) is 17.3 Å². The molecule has 0 aliphatic carbocycles. The minimum Gasteiger partial charge on any atom is -0.351 e. The van der Waals surface area contributed by atoms with Gasteiger partial charge in [-0.25, -0.2) is 14.8 Å². The molecule has 8 heteroatoms. The molecule has 166 valence electrons. The second-order valence-electron chi connectivity index (χ2n) is 8.26. The molecular weight excluding hydrogens is 426 g/mol. The van der Waals surface area contributed by atoms with Gasteiger partial charge in [-0.05, 0) is 47.0 Å². The van der Waals surface area contributed by atoms with Crippen LogP contribution in [0.25, 0.3) is 22.3 Å². The standard InChI is InChI=1S/C26H21N7O/c27-26(34)33-15-19-12-17(6-8-21(19)24(33)16-4-2-1-3-5-16)25-28-11-10-23(31-25)30-20-7-9-22-18(13-20)14-29-32-22/h1-14,24H,15H2,(H2,27,34)(H,29,32)(H,28,30,31). The molecule has 2 amide bonds. The minimum atomic E-state index is -0.441. The number of nitrogens with zero attached hydrogens (tertiary/aromatic N) is 4. The lowest BCUT2D eigenvalue weighted by atomic mass is 9.96. The molecule has 0 bridgehead atoms. The molecule has 3 aromatic carbocycles. The summed E-state index contributed by atoms with van der Waals surface area (Å²) in [5.41, 5.74) is 11.6. The van der Waals surface area contributed by atoms with Gasteiger partial charge in [0.15, 0.2) is 5.82 Å². The van der Waals surface area contributed by atoms with Crippen LogP contribution in [0.4, 0.5) is 16.3 Å². The summed E-state index contributed by atoms with van der Waals surface area (Å²) in [5, 5.41) is 11.4. The van der Waals surface area contributed by atoms with Crippen LogP contribution < -0.4 is 11.1 Å². The molecule has 8 nitrogen and oxygen atoms in total. The average molecular weight is 448 g/mol. The Kier molecular flexibility index (Phi) is 4.69. The number of nitrogens with two attached hydrogens (primary N) is 1. The van der Waals surface area contributed by atoms with E-state index in [1.807, 2.05) is 72.8 Å². The Morgan fingerprint density at radius 1 is 1.06 bits per heavy atom. The van der Waals surface area contributed by atoms with Crippen LogP contribution in [0.3, 0.4) is 0 Å². The lowest BCUT2D eigenvalue weighted by molar-refractivity contribution is 0.199. The highest BCUT2D eigenvalue weighted by Crippen LogP contribution is 2.39. The first-order chi connectivity index (χ1) is 16.7. The summed E-state index contributed by atoms with van der Waals surface area (Å²) in [6.07, 6.45) is 3.52. The van der Waals surface area contributed by atoms with E-state index in [0.717, 1.165) is 38.8 Å². The summed E-state index contributed by atoms with van der Waals surface area (Å²) >= 11 is 0. The number of aromatic amines is 1. The van der Waals surface area contributed by atoms with Crippen molar-refractivity contribution in [1.82, 2.24) is 25.1 Å². The number of nitrogens with one attached hydrogen (secondary N) is 2. The van der Waals surface area contributed by atoms with Crippen molar-refractivity contribution >= 4 is 28.4 Å². The van der Waals surface area contributed by atoms with Gasteiger partial charge in [0.2, 0.25) is 0 Å². The number of rotatable bonds is 4. The van der Waals surface area contributed by atoms with E-state index < -0.39 is 6.03 Å². The van der Waals surface area contributed by atoms with E-state index in [0.29, 0.717) is 18.2 Å². The van der Waals surface area contributed by atoms with Crippen molar-refractivity contribution in [1.29, 1.82) is 0 Å². The normalized spacial score (nSPS) is 14.8. The zero-order valence-corrected chi connectivity index (χ0v) is 18.1. The lowest BCUT2D eigenvalue weighted by Gasteiger charge is -2.23. The monoisotopic (exact) mass is 447 g/mol. The highest BCUT2D eigenvalue weighted by molar-refractivity contribution is 5.82. The van der Waals surface area contributed by atoms with Gasteiger partial charge in [-0.1, -0.05) is 42.5 Å². The van der Waals surface area contributed by atoms with E-state index in [2.05, 4.69) is 20.5 Å². The Labute approximate surface area is 195 Å². The fourth-order valence-corrected chi connectivity index (χ4v) is 4.53. The number of hydrogen-bond acceptors (Lipinski definition) is 5. The molecule has 1 unspecified atom stereocenters. The molecule has 1 aliphatic rings. The van der Waals surface area contributed by atoms with Crippen molar-refractivity contribution < 1.29 is 4.79 Å². The molecular formula is C26H21N7O. The first kappa shape index (κ1) is 19.9. The van der Waals surface area contributed by atoms with Crippen molar-refractivity contribution in [2.45, 2.75) is 12.6 Å². The van der Waals surface area contributed by atoms with E-state index in [9.17, 15) is 4.79 Å². The quantitative estimate of drug-likeness (QED) is 0.368. The topological polar surface area (TPSA) is 113 Å². The third kappa shape index (κ3) is 3.51. The van der Waals surface area contributed by atoms with Crippen LogP contribution in [0, 0.1) is 0 Å². The Hall–Kier alpha value is -4.72. The van der Waals surface area contributed by atoms with Crippen LogP contribution in [-0.4, -0.2) is 31.1 Å². The Bertz CT molecular complexity index is 1510. The van der Waals surface area contributed by atoms with E-state index in [-0.39, 0.29) is 6.04 Å². The van der Waals surface area contributed by atoms with Gasteiger partial charge in [-0.3, -0.25) is 5.10 Å². The number of amides is 2. The zero-order valence-electron chi connectivity index (χ0n) is 18.1. The van der Waals surface area contributed by atoms with Crippen LogP contribution in [0.1, 0.15) is 22.7 Å². The Morgan fingerprint density at radius 2 is 1.94 bits per heavy atom. The van der Waals surface area contributed by atoms with Crippen LogP contribution in [-0.2, 0) is 6.54 Å². The predicted octanol–water partition coefficient (Wildman–Crippen LogP) is 4.75. The summed E-state index contributed by atoms with van der Waals surface area (Å²) < 4.78 is 0. The number of anilines is 2. The molecule has 0 saturated heterocycles. The van der Waals surface area contributed by atoms with Gasteiger partial charge in [-0.2, -0.15) is 5.10 Å². The number of H-pyrrole nitrogens is 1. The van der Waals surface area contributed by atoms with Crippen LogP contribution >= 0.6 is 0 Å². The molecule has 0 spiro atoms. The highest BCUT2D eigenvalue weighted by Gasteiger charge is 2.33. The summed E-state index contributed by atoms with van der Waals surface area (Å²) in [7, 11) is 0. The minimum absolute atomic E-state index is 0.200. The fraction of sp³-hybridized carbons (Fsp3) is 0.0769. The summed E-state index contributed by atoms with van der Waals surface area (Å²) in [5.74, 6) is 1.29. The molecule has 1 aliphatic heterocycles.